The predicted octanol–water partition coefficient (Wildman–Crippen LogP) is 3.95. The lowest BCUT2D eigenvalue weighted by molar-refractivity contribution is -0.116. The van der Waals surface area contributed by atoms with Crippen LogP contribution in [-0.2, 0) is 4.79 Å². The number of carbonyl (C=O) groups excluding carboxylic acids is 1. The topological polar surface area (TPSA) is 81.1 Å². The van der Waals surface area contributed by atoms with Gasteiger partial charge < -0.3 is 15.5 Å². The molecule has 0 aliphatic carbocycles. The van der Waals surface area contributed by atoms with Crippen molar-refractivity contribution in [3.63, 3.8) is 0 Å². The minimum atomic E-state index is -0.476. The summed E-state index contributed by atoms with van der Waals surface area (Å²) >= 11 is 7.71. The van der Waals surface area contributed by atoms with Gasteiger partial charge in [0.15, 0.2) is 0 Å². The Hall–Kier alpha value is -2.71. The molecule has 7 nitrogen and oxygen atoms in total. The van der Waals surface area contributed by atoms with Crippen molar-refractivity contribution in [3.05, 3.63) is 64.4 Å². The summed E-state index contributed by atoms with van der Waals surface area (Å²) in [4.78, 5) is 13.2. The molecule has 0 radical (unpaired) electrons. The van der Waals surface area contributed by atoms with E-state index < -0.39 is 5.25 Å². The molecule has 2 atom stereocenters. The Balaban J connectivity index is 1.68. The standard InChI is InChI=1S/C20H20ClN5O2S/c1-11-5-4-6-14(9-11)22-19(27)18-17(13-7-8-16(28-3)15(21)10-13)25-26-12(2)23-24-20(26)29-18/h4-10,17-18,25H,1-3H3,(H,22,27)/t17-,18-/m0/s1. The molecule has 0 bridgehead atoms. The molecule has 1 aliphatic rings. The number of thioether (sulfide) groups is 1. The fraction of sp³-hybridized carbons (Fsp3) is 0.250. The molecular weight excluding hydrogens is 410 g/mol. The lowest BCUT2D eigenvalue weighted by Crippen LogP contribution is -2.41. The van der Waals surface area contributed by atoms with Crippen molar-refractivity contribution in [2.75, 3.05) is 17.9 Å². The first-order chi connectivity index (χ1) is 14.0. The molecule has 3 aromatic rings. The van der Waals surface area contributed by atoms with Gasteiger partial charge in [0.05, 0.1) is 18.2 Å². The smallest absolute Gasteiger partial charge is 0.240 e. The Morgan fingerprint density at radius 3 is 2.79 bits per heavy atom. The summed E-state index contributed by atoms with van der Waals surface area (Å²) in [5.41, 5.74) is 6.06. The molecule has 1 aliphatic heterocycles. The molecule has 29 heavy (non-hydrogen) atoms. The molecule has 4 rings (SSSR count). The van der Waals surface area contributed by atoms with E-state index in [1.807, 2.05) is 50.2 Å². The van der Waals surface area contributed by atoms with E-state index in [2.05, 4.69) is 20.9 Å². The summed E-state index contributed by atoms with van der Waals surface area (Å²) in [6.07, 6.45) is 0. The normalized spacial score (nSPS) is 17.9. The van der Waals surface area contributed by atoms with Crippen LogP contribution < -0.4 is 15.5 Å². The van der Waals surface area contributed by atoms with Crippen molar-refractivity contribution in [1.29, 1.82) is 0 Å². The monoisotopic (exact) mass is 429 g/mol. The Morgan fingerprint density at radius 1 is 1.24 bits per heavy atom. The van der Waals surface area contributed by atoms with E-state index in [0.29, 0.717) is 15.9 Å². The van der Waals surface area contributed by atoms with Crippen molar-refractivity contribution in [3.8, 4) is 5.75 Å². The summed E-state index contributed by atoms with van der Waals surface area (Å²) in [7, 11) is 1.57. The number of aromatic nitrogens is 3. The first-order valence-electron chi connectivity index (χ1n) is 9.02. The first kappa shape index (κ1) is 19.6. The molecule has 0 saturated heterocycles. The van der Waals surface area contributed by atoms with Gasteiger partial charge in [-0.05, 0) is 49.2 Å². The van der Waals surface area contributed by atoms with Crippen LogP contribution in [-0.4, -0.2) is 33.1 Å². The highest BCUT2D eigenvalue weighted by Crippen LogP contribution is 2.39. The second kappa shape index (κ2) is 7.96. The number of methoxy groups -OCH3 is 1. The van der Waals surface area contributed by atoms with Crippen LogP contribution in [0, 0.1) is 13.8 Å². The molecule has 0 spiro atoms. The molecule has 0 unspecified atom stereocenters. The van der Waals surface area contributed by atoms with Crippen molar-refractivity contribution >= 4 is 35.0 Å². The Bertz CT molecular complexity index is 1070. The quantitative estimate of drug-likeness (QED) is 0.653. The molecule has 0 fully saturated rings. The van der Waals surface area contributed by atoms with E-state index >= 15 is 0 Å². The number of anilines is 1. The maximum absolute atomic E-state index is 13.2. The van der Waals surface area contributed by atoms with E-state index in [9.17, 15) is 4.79 Å². The summed E-state index contributed by atoms with van der Waals surface area (Å²) in [5.74, 6) is 1.17. The number of hydrogen-bond donors (Lipinski definition) is 2. The van der Waals surface area contributed by atoms with Crippen LogP contribution in [0.3, 0.4) is 0 Å². The molecule has 1 amide bonds. The van der Waals surface area contributed by atoms with Crippen molar-refractivity contribution < 1.29 is 9.53 Å². The maximum atomic E-state index is 13.2. The fourth-order valence-electron chi connectivity index (χ4n) is 3.22. The third kappa shape index (κ3) is 3.90. The van der Waals surface area contributed by atoms with E-state index in [1.54, 1.807) is 17.9 Å². The second-order valence-corrected chi connectivity index (χ2v) is 8.28. The van der Waals surface area contributed by atoms with Crippen molar-refractivity contribution in [2.45, 2.75) is 30.3 Å². The SMILES string of the molecule is COc1ccc([C@@H]2Nn3c(C)nnc3S[C@@H]2C(=O)Nc2cccc(C)c2)cc1Cl. The Morgan fingerprint density at radius 2 is 2.07 bits per heavy atom. The molecule has 2 heterocycles. The molecule has 2 aromatic carbocycles. The fourth-order valence-corrected chi connectivity index (χ4v) is 4.61. The van der Waals surface area contributed by atoms with E-state index in [0.717, 1.165) is 22.6 Å². The number of carbonyl (C=O) groups is 1. The number of benzene rings is 2. The summed E-state index contributed by atoms with van der Waals surface area (Å²) < 4.78 is 7.05. The minimum absolute atomic E-state index is 0.128. The molecule has 2 N–H and O–H groups in total. The molecular formula is C20H20ClN5O2S. The number of ether oxygens (including phenoxy) is 1. The highest BCUT2D eigenvalue weighted by atomic mass is 35.5. The van der Waals surface area contributed by atoms with Gasteiger partial charge >= 0.3 is 0 Å². The van der Waals surface area contributed by atoms with Crippen LogP contribution in [0.15, 0.2) is 47.6 Å². The largest absolute Gasteiger partial charge is 0.495 e. The molecule has 9 heteroatoms. The van der Waals surface area contributed by atoms with Gasteiger partial charge in [0.2, 0.25) is 11.1 Å². The van der Waals surface area contributed by atoms with Crippen LogP contribution >= 0.6 is 23.4 Å². The zero-order valence-electron chi connectivity index (χ0n) is 16.1. The zero-order chi connectivity index (χ0) is 20.5. The minimum Gasteiger partial charge on any atom is -0.495 e. The van der Waals surface area contributed by atoms with Crippen LogP contribution in [0.1, 0.15) is 23.0 Å². The van der Waals surface area contributed by atoms with Crippen molar-refractivity contribution in [1.82, 2.24) is 14.9 Å². The van der Waals surface area contributed by atoms with E-state index in [1.165, 1.54) is 11.8 Å². The van der Waals surface area contributed by atoms with Gasteiger partial charge in [-0.2, -0.15) is 0 Å². The number of hydrogen-bond acceptors (Lipinski definition) is 6. The van der Waals surface area contributed by atoms with Gasteiger partial charge in [-0.25, -0.2) is 4.68 Å². The molecule has 0 saturated carbocycles. The summed E-state index contributed by atoms with van der Waals surface area (Å²) in [6, 6.07) is 12.9. The third-order valence-corrected chi connectivity index (χ3v) is 6.19. The number of nitrogens with one attached hydrogen (secondary N) is 2. The number of rotatable bonds is 4. The lowest BCUT2D eigenvalue weighted by atomic mass is 10.0. The van der Waals surface area contributed by atoms with E-state index in [4.69, 9.17) is 16.3 Å². The number of aryl methyl sites for hydroxylation is 2. The first-order valence-corrected chi connectivity index (χ1v) is 10.3. The average Bonchev–Trinajstić information content (AvgIpc) is 3.07. The van der Waals surface area contributed by atoms with Gasteiger partial charge in [-0.1, -0.05) is 41.6 Å². The van der Waals surface area contributed by atoms with Gasteiger partial charge in [-0.3, -0.25) is 4.79 Å². The number of fused-ring (bicyclic) bond motifs is 1. The third-order valence-electron chi connectivity index (χ3n) is 4.68. The predicted molar refractivity (Wildman–Crippen MR) is 114 cm³/mol. The van der Waals surface area contributed by atoms with Crippen LogP contribution in [0.5, 0.6) is 5.75 Å². The number of halogens is 1. The molecule has 1 aromatic heterocycles. The highest BCUT2D eigenvalue weighted by Gasteiger charge is 2.37. The van der Waals surface area contributed by atoms with Crippen molar-refractivity contribution in [2.24, 2.45) is 0 Å². The van der Waals surface area contributed by atoms with Gasteiger partial charge in [0.25, 0.3) is 0 Å². The number of nitrogens with zero attached hydrogens (tertiary/aromatic N) is 3. The van der Waals surface area contributed by atoms with Gasteiger partial charge in [-0.15, -0.1) is 10.2 Å². The van der Waals surface area contributed by atoms with E-state index in [-0.39, 0.29) is 11.9 Å². The van der Waals surface area contributed by atoms with Crippen LogP contribution in [0.25, 0.3) is 0 Å². The maximum Gasteiger partial charge on any atom is 0.240 e. The summed E-state index contributed by atoms with van der Waals surface area (Å²) in [6.45, 7) is 3.84. The lowest BCUT2D eigenvalue weighted by Gasteiger charge is -2.33. The van der Waals surface area contributed by atoms with Crippen LogP contribution in [0.4, 0.5) is 5.69 Å². The Labute approximate surface area is 177 Å². The highest BCUT2D eigenvalue weighted by molar-refractivity contribution is 8.00. The summed E-state index contributed by atoms with van der Waals surface area (Å²) in [5, 5.41) is 11.9. The van der Waals surface area contributed by atoms with Gasteiger partial charge in [0, 0.05) is 5.69 Å². The number of amides is 1. The Kier molecular flexibility index (Phi) is 5.38. The zero-order valence-corrected chi connectivity index (χ0v) is 17.7. The molecule has 150 valence electrons. The van der Waals surface area contributed by atoms with Gasteiger partial charge in [0.1, 0.15) is 16.8 Å². The van der Waals surface area contributed by atoms with Crippen LogP contribution in [0.2, 0.25) is 5.02 Å². The second-order valence-electron chi connectivity index (χ2n) is 6.76. The average molecular weight is 430 g/mol.